The zero-order chi connectivity index (χ0) is 16.3. The molecule has 0 radical (unpaired) electrons. The van der Waals surface area contributed by atoms with Crippen molar-refractivity contribution < 1.29 is 36.6 Å². The van der Waals surface area contributed by atoms with Crippen molar-refractivity contribution in [2.45, 2.75) is 12.5 Å². The fourth-order valence-corrected chi connectivity index (χ4v) is 1.68. The molecule has 1 unspecified atom stereocenters. The minimum absolute atomic E-state index is 0.00828. The molecule has 0 fully saturated rings. The van der Waals surface area contributed by atoms with E-state index in [1.807, 2.05) is 0 Å². The molecule has 1 aromatic carbocycles. The average Bonchev–Trinajstić information content (AvgIpc) is 2.42. The molecule has 1 amide bonds. The van der Waals surface area contributed by atoms with E-state index in [0.29, 0.717) is 0 Å². The van der Waals surface area contributed by atoms with Gasteiger partial charge in [0.25, 0.3) is 5.91 Å². The summed E-state index contributed by atoms with van der Waals surface area (Å²) in [6.07, 6.45) is -0.209. The highest BCUT2D eigenvalue weighted by atomic mass is 32.1. The molecule has 1 atom stereocenters. The van der Waals surface area contributed by atoms with Gasteiger partial charge in [-0.05, 0) is 12.2 Å². The lowest BCUT2D eigenvalue weighted by Gasteiger charge is -2.14. The van der Waals surface area contributed by atoms with Crippen LogP contribution >= 0.6 is 12.6 Å². The van der Waals surface area contributed by atoms with Gasteiger partial charge in [0.15, 0.2) is 23.3 Å². The smallest absolute Gasteiger partial charge is 0.326 e. The zero-order valence-corrected chi connectivity index (χ0v) is 11.0. The summed E-state index contributed by atoms with van der Waals surface area (Å²) in [6, 6.07) is -1.58. The predicted molar refractivity (Wildman–Crippen MR) is 63.6 cm³/mol. The van der Waals surface area contributed by atoms with E-state index in [1.165, 1.54) is 0 Å². The summed E-state index contributed by atoms with van der Waals surface area (Å²) in [7, 11) is 0. The van der Waals surface area contributed by atoms with E-state index in [-0.39, 0.29) is 12.2 Å². The van der Waals surface area contributed by atoms with Gasteiger partial charge >= 0.3 is 5.97 Å². The molecule has 0 aliphatic rings. The van der Waals surface area contributed by atoms with Gasteiger partial charge in [-0.25, -0.2) is 26.7 Å². The minimum atomic E-state index is -2.41. The number of carbonyl (C=O) groups is 2. The molecule has 1 aromatic rings. The van der Waals surface area contributed by atoms with Crippen LogP contribution < -0.4 is 5.32 Å². The Balaban J connectivity index is 3.22. The molecule has 4 nitrogen and oxygen atoms in total. The van der Waals surface area contributed by atoms with Gasteiger partial charge in [-0.3, -0.25) is 4.79 Å². The molecule has 10 heteroatoms. The lowest BCUT2D eigenvalue weighted by atomic mass is 10.1. The maximum Gasteiger partial charge on any atom is 0.326 e. The molecular formula is C11H8F5NO3S. The first-order valence-electron chi connectivity index (χ1n) is 5.38. The number of halogens is 5. The van der Waals surface area contributed by atoms with Crippen LogP contribution in [-0.4, -0.2) is 28.8 Å². The fraction of sp³-hybridized carbons (Fsp3) is 0.273. The number of aliphatic carboxylic acids is 1. The summed E-state index contributed by atoms with van der Waals surface area (Å²) >= 11 is 3.72. The summed E-state index contributed by atoms with van der Waals surface area (Å²) in [5, 5.41) is 10.4. The van der Waals surface area contributed by atoms with Crippen LogP contribution in [0, 0.1) is 29.1 Å². The number of hydrogen-bond donors (Lipinski definition) is 3. The molecule has 21 heavy (non-hydrogen) atoms. The molecule has 0 saturated carbocycles. The molecule has 0 aliphatic carbocycles. The maximum absolute atomic E-state index is 13.3. The highest BCUT2D eigenvalue weighted by Gasteiger charge is 2.31. The molecule has 0 heterocycles. The Morgan fingerprint density at radius 1 is 1.00 bits per heavy atom. The third kappa shape index (κ3) is 3.43. The quantitative estimate of drug-likeness (QED) is 0.334. The molecule has 0 saturated heterocycles. The highest BCUT2D eigenvalue weighted by Crippen LogP contribution is 2.23. The van der Waals surface area contributed by atoms with Crippen LogP contribution in [0.3, 0.4) is 0 Å². The van der Waals surface area contributed by atoms with Crippen LogP contribution in [-0.2, 0) is 4.79 Å². The SMILES string of the molecule is O=C(NC(CCS)C(=O)O)c1c(F)c(F)c(F)c(F)c1F. The van der Waals surface area contributed by atoms with Crippen molar-refractivity contribution in [2.24, 2.45) is 0 Å². The molecule has 116 valence electrons. The first-order chi connectivity index (χ1) is 9.72. The topological polar surface area (TPSA) is 66.4 Å². The Kier molecular flexibility index (Phi) is 5.53. The number of benzene rings is 1. The van der Waals surface area contributed by atoms with Gasteiger partial charge < -0.3 is 10.4 Å². The molecule has 0 aromatic heterocycles. The van der Waals surface area contributed by atoms with E-state index in [4.69, 9.17) is 5.11 Å². The second kappa shape index (κ2) is 6.74. The average molecular weight is 329 g/mol. The van der Waals surface area contributed by atoms with Crippen LogP contribution in [0.25, 0.3) is 0 Å². The zero-order valence-electron chi connectivity index (χ0n) is 10.1. The van der Waals surface area contributed by atoms with Gasteiger partial charge in [-0.15, -0.1) is 0 Å². The van der Waals surface area contributed by atoms with Gasteiger partial charge in [-0.1, -0.05) is 0 Å². The Morgan fingerprint density at radius 2 is 1.43 bits per heavy atom. The maximum atomic E-state index is 13.3. The third-order valence-corrected chi connectivity index (χ3v) is 2.72. The Morgan fingerprint density at radius 3 is 1.81 bits per heavy atom. The van der Waals surface area contributed by atoms with Crippen molar-refractivity contribution >= 4 is 24.5 Å². The summed E-state index contributed by atoms with van der Waals surface area (Å²) in [5.74, 6) is -14.9. The second-order valence-corrected chi connectivity index (χ2v) is 4.27. The number of carbonyl (C=O) groups excluding carboxylic acids is 1. The lowest BCUT2D eigenvalue weighted by Crippen LogP contribution is -2.42. The molecule has 2 N–H and O–H groups in total. The van der Waals surface area contributed by atoms with E-state index in [1.54, 1.807) is 5.32 Å². The summed E-state index contributed by atoms with van der Waals surface area (Å²) in [4.78, 5) is 22.3. The van der Waals surface area contributed by atoms with Gasteiger partial charge in [0.1, 0.15) is 11.6 Å². The van der Waals surface area contributed by atoms with Crippen LogP contribution in [0.4, 0.5) is 22.0 Å². The Bertz CT molecular complexity index is 567. The van der Waals surface area contributed by atoms with E-state index in [9.17, 15) is 31.5 Å². The normalized spacial score (nSPS) is 12.1. The van der Waals surface area contributed by atoms with E-state index in [0.717, 1.165) is 0 Å². The van der Waals surface area contributed by atoms with E-state index < -0.39 is 52.6 Å². The van der Waals surface area contributed by atoms with Crippen molar-refractivity contribution in [1.82, 2.24) is 5.32 Å². The van der Waals surface area contributed by atoms with Crippen molar-refractivity contribution in [3.8, 4) is 0 Å². The van der Waals surface area contributed by atoms with Crippen LogP contribution in [0.1, 0.15) is 16.8 Å². The van der Waals surface area contributed by atoms with Crippen molar-refractivity contribution in [2.75, 3.05) is 5.75 Å². The third-order valence-electron chi connectivity index (χ3n) is 2.46. The predicted octanol–water partition coefficient (Wildman–Crippen LogP) is 1.89. The van der Waals surface area contributed by atoms with Crippen molar-refractivity contribution in [3.63, 3.8) is 0 Å². The molecular weight excluding hydrogens is 321 g/mol. The van der Waals surface area contributed by atoms with Gasteiger partial charge in [0.05, 0.1) is 0 Å². The number of hydrogen-bond acceptors (Lipinski definition) is 3. The van der Waals surface area contributed by atoms with E-state index in [2.05, 4.69) is 12.6 Å². The molecule has 1 rings (SSSR count). The standard InChI is InChI=1S/C11H8F5NO3S/c12-5-4(6(13)8(15)9(16)7(5)14)10(18)17-3(1-2-21)11(19)20/h3,21H,1-2H2,(H,17,18)(H,19,20). The minimum Gasteiger partial charge on any atom is -0.480 e. The largest absolute Gasteiger partial charge is 0.480 e. The second-order valence-electron chi connectivity index (χ2n) is 3.82. The van der Waals surface area contributed by atoms with Gasteiger partial charge in [0, 0.05) is 0 Å². The lowest BCUT2D eigenvalue weighted by molar-refractivity contribution is -0.139. The van der Waals surface area contributed by atoms with Crippen LogP contribution in [0.15, 0.2) is 0 Å². The first kappa shape index (κ1) is 17.2. The summed E-state index contributed by atoms with van der Waals surface area (Å²) < 4.78 is 65.4. The number of carboxylic acids is 1. The fourth-order valence-electron chi connectivity index (χ4n) is 1.42. The Labute approximate surface area is 120 Å². The number of nitrogens with one attached hydrogen (secondary N) is 1. The summed E-state index contributed by atoms with van der Waals surface area (Å²) in [5.41, 5.74) is -1.74. The van der Waals surface area contributed by atoms with Crippen molar-refractivity contribution in [1.29, 1.82) is 0 Å². The first-order valence-corrected chi connectivity index (χ1v) is 6.01. The van der Waals surface area contributed by atoms with Crippen LogP contribution in [0.2, 0.25) is 0 Å². The van der Waals surface area contributed by atoms with Crippen molar-refractivity contribution in [3.05, 3.63) is 34.6 Å². The monoisotopic (exact) mass is 329 g/mol. The van der Waals surface area contributed by atoms with Crippen LogP contribution in [0.5, 0.6) is 0 Å². The van der Waals surface area contributed by atoms with E-state index >= 15 is 0 Å². The Hall–Kier alpha value is -1.84. The number of rotatable bonds is 5. The summed E-state index contributed by atoms with van der Waals surface area (Å²) in [6.45, 7) is 0. The molecule has 0 spiro atoms. The number of amides is 1. The number of carboxylic acid groups (broad SMARTS) is 1. The van der Waals surface area contributed by atoms with Gasteiger partial charge in [-0.2, -0.15) is 12.6 Å². The number of thiol groups is 1. The van der Waals surface area contributed by atoms with Gasteiger partial charge in [0.2, 0.25) is 5.82 Å². The highest BCUT2D eigenvalue weighted by molar-refractivity contribution is 7.80. The molecule has 0 bridgehead atoms. The molecule has 0 aliphatic heterocycles.